The molecule has 0 unspecified atom stereocenters. The molecular formula is C10H8ClIN2. The molecule has 0 amide bonds. The lowest BCUT2D eigenvalue weighted by molar-refractivity contribution is 0.878. The van der Waals surface area contributed by atoms with Gasteiger partial charge in [-0.3, -0.25) is 0 Å². The number of hydrogen-bond donors (Lipinski definition) is 0. The van der Waals surface area contributed by atoms with Gasteiger partial charge < -0.3 is 0 Å². The molecule has 0 saturated carbocycles. The van der Waals surface area contributed by atoms with Crippen molar-refractivity contribution in [3.63, 3.8) is 0 Å². The van der Waals surface area contributed by atoms with Crippen LogP contribution in [0, 0.1) is 3.57 Å². The fourth-order valence-electron chi connectivity index (χ4n) is 1.22. The molecule has 0 fully saturated rings. The fourth-order valence-corrected chi connectivity index (χ4v) is 1.78. The van der Waals surface area contributed by atoms with Crippen LogP contribution in [0.1, 0.15) is 5.56 Å². The third-order valence-electron chi connectivity index (χ3n) is 1.88. The van der Waals surface area contributed by atoms with Gasteiger partial charge in [0.25, 0.3) is 0 Å². The summed E-state index contributed by atoms with van der Waals surface area (Å²) >= 11 is 8.00. The number of rotatable bonds is 2. The maximum atomic E-state index is 5.76. The molecule has 14 heavy (non-hydrogen) atoms. The highest BCUT2D eigenvalue weighted by molar-refractivity contribution is 14.1. The van der Waals surface area contributed by atoms with E-state index in [-0.39, 0.29) is 0 Å². The van der Waals surface area contributed by atoms with Crippen LogP contribution in [0.15, 0.2) is 36.7 Å². The molecule has 0 aliphatic heterocycles. The maximum Gasteiger partial charge on any atom is 0.0649 e. The number of halogens is 2. The van der Waals surface area contributed by atoms with E-state index in [1.165, 1.54) is 0 Å². The predicted molar refractivity (Wildman–Crippen MR) is 65.8 cm³/mol. The minimum atomic E-state index is 0.534. The summed E-state index contributed by atoms with van der Waals surface area (Å²) in [5, 5.41) is 4.23. The lowest BCUT2D eigenvalue weighted by Crippen LogP contribution is -1.94. The summed E-state index contributed by atoms with van der Waals surface area (Å²) in [6.07, 6.45) is 3.81. The normalized spacial score (nSPS) is 10.4. The summed E-state index contributed by atoms with van der Waals surface area (Å²) in [6.45, 7) is 0. The molecule has 0 bridgehead atoms. The van der Waals surface area contributed by atoms with Gasteiger partial charge in [0.2, 0.25) is 0 Å². The Bertz CT molecular complexity index is 439. The van der Waals surface area contributed by atoms with Crippen LogP contribution in [-0.2, 0) is 5.88 Å². The third kappa shape index (κ3) is 2.09. The van der Waals surface area contributed by atoms with Crippen LogP contribution in [0.4, 0.5) is 0 Å². The van der Waals surface area contributed by atoms with E-state index in [0.29, 0.717) is 5.88 Å². The molecule has 1 heterocycles. The van der Waals surface area contributed by atoms with Crippen molar-refractivity contribution in [1.82, 2.24) is 9.78 Å². The first-order valence-electron chi connectivity index (χ1n) is 4.15. The van der Waals surface area contributed by atoms with Crippen molar-refractivity contribution >= 4 is 34.2 Å². The Balaban J connectivity index is 2.41. The largest absolute Gasteiger partial charge is 0.240 e. The second kappa shape index (κ2) is 4.31. The van der Waals surface area contributed by atoms with E-state index >= 15 is 0 Å². The Morgan fingerprint density at radius 2 is 2.29 bits per heavy atom. The fraction of sp³-hybridized carbons (Fsp3) is 0.100. The Morgan fingerprint density at radius 1 is 1.43 bits per heavy atom. The Morgan fingerprint density at radius 3 is 2.93 bits per heavy atom. The zero-order valence-corrected chi connectivity index (χ0v) is 10.2. The van der Waals surface area contributed by atoms with Gasteiger partial charge >= 0.3 is 0 Å². The summed E-state index contributed by atoms with van der Waals surface area (Å²) in [5.41, 5.74) is 2.15. The molecule has 2 rings (SSSR count). The van der Waals surface area contributed by atoms with Gasteiger partial charge in [-0.25, -0.2) is 4.68 Å². The lowest BCUT2D eigenvalue weighted by atomic mass is 10.2. The molecule has 0 atom stereocenters. The molecule has 0 spiro atoms. The third-order valence-corrected chi connectivity index (χ3v) is 2.75. The second-order valence-corrected chi connectivity index (χ2v) is 4.42. The average molecular weight is 319 g/mol. The van der Waals surface area contributed by atoms with Gasteiger partial charge in [-0.2, -0.15) is 5.10 Å². The van der Waals surface area contributed by atoms with Crippen molar-refractivity contribution in [1.29, 1.82) is 0 Å². The quantitative estimate of drug-likeness (QED) is 0.614. The summed E-state index contributed by atoms with van der Waals surface area (Å²) in [5.74, 6) is 0.534. The minimum Gasteiger partial charge on any atom is -0.240 e. The molecule has 0 saturated heterocycles. The zero-order valence-electron chi connectivity index (χ0n) is 7.32. The Hall–Kier alpha value is -0.550. The van der Waals surface area contributed by atoms with Crippen molar-refractivity contribution in [3.8, 4) is 5.69 Å². The maximum absolute atomic E-state index is 5.76. The molecule has 4 heteroatoms. The van der Waals surface area contributed by atoms with Gasteiger partial charge in [0.1, 0.15) is 0 Å². The van der Waals surface area contributed by atoms with Gasteiger partial charge in [0.05, 0.1) is 15.5 Å². The van der Waals surface area contributed by atoms with E-state index in [1.54, 1.807) is 0 Å². The monoisotopic (exact) mass is 318 g/mol. The first kappa shape index (κ1) is 9.98. The standard InChI is InChI=1S/C10H8ClIN2/c11-5-8-2-1-3-10(4-8)14-7-9(12)6-13-14/h1-4,6-7H,5H2. The number of aromatic nitrogens is 2. The molecule has 0 radical (unpaired) electrons. The van der Waals surface area contributed by atoms with Crippen molar-refractivity contribution in [3.05, 3.63) is 45.8 Å². The molecule has 2 nitrogen and oxygen atoms in total. The Labute approximate surface area is 101 Å². The van der Waals surface area contributed by atoms with Crippen LogP contribution in [0.3, 0.4) is 0 Å². The van der Waals surface area contributed by atoms with Crippen LogP contribution in [0.2, 0.25) is 0 Å². The van der Waals surface area contributed by atoms with Gasteiger partial charge in [-0.15, -0.1) is 11.6 Å². The number of benzene rings is 1. The second-order valence-electron chi connectivity index (χ2n) is 2.91. The molecule has 0 aliphatic carbocycles. The van der Waals surface area contributed by atoms with E-state index in [1.807, 2.05) is 41.3 Å². The smallest absolute Gasteiger partial charge is 0.0649 e. The lowest BCUT2D eigenvalue weighted by Gasteiger charge is -2.02. The van der Waals surface area contributed by atoms with Crippen LogP contribution >= 0.6 is 34.2 Å². The van der Waals surface area contributed by atoms with Crippen LogP contribution in [-0.4, -0.2) is 9.78 Å². The molecular weight excluding hydrogens is 310 g/mol. The predicted octanol–water partition coefficient (Wildman–Crippen LogP) is 3.22. The van der Waals surface area contributed by atoms with Crippen LogP contribution in [0.25, 0.3) is 5.69 Å². The highest BCUT2D eigenvalue weighted by atomic mass is 127. The first-order valence-corrected chi connectivity index (χ1v) is 5.76. The number of hydrogen-bond acceptors (Lipinski definition) is 1. The van der Waals surface area contributed by atoms with E-state index in [9.17, 15) is 0 Å². The molecule has 1 aromatic heterocycles. The molecule has 0 N–H and O–H groups in total. The van der Waals surface area contributed by atoms with Crippen molar-refractivity contribution in [2.45, 2.75) is 5.88 Å². The Kier molecular flexibility index (Phi) is 3.08. The van der Waals surface area contributed by atoms with E-state index in [0.717, 1.165) is 14.8 Å². The molecule has 72 valence electrons. The zero-order chi connectivity index (χ0) is 9.97. The molecule has 0 aliphatic rings. The first-order chi connectivity index (χ1) is 6.79. The summed E-state index contributed by atoms with van der Waals surface area (Å²) in [7, 11) is 0. The van der Waals surface area contributed by atoms with Crippen LogP contribution < -0.4 is 0 Å². The van der Waals surface area contributed by atoms with E-state index in [2.05, 4.69) is 27.7 Å². The van der Waals surface area contributed by atoms with Gasteiger partial charge in [0, 0.05) is 12.1 Å². The topological polar surface area (TPSA) is 17.8 Å². The average Bonchev–Trinajstić information content (AvgIpc) is 2.65. The number of alkyl halides is 1. The summed E-state index contributed by atoms with van der Waals surface area (Å²) < 4.78 is 2.97. The van der Waals surface area contributed by atoms with Gasteiger partial charge in [0.15, 0.2) is 0 Å². The minimum absolute atomic E-state index is 0.534. The summed E-state index contributed by atoms with van der Waals surface area (Å²) in [4.78, 5) is 0. The van der Waals surface area contributed by atoms with Crippen molar-refractivity contribution in [2.24, 2.45) is 0 Å². The van der Waals surface area contributed by atoms with Crippen molar-refractivity contribution in [2.75, 3.05) is 0 Å². The summed E-state index contributed by atoms with van der Waals surface area (Å²) in [6, 6.07) is 8.04. The van der Waals surface area contributed by atoms with Crippen molar-refractivity contribution < 1.29 is 0 Å². The van der Waals surface area contributed by atoms with E-state index < -0.39 is 0 Å². The van der Waals surface area contributed by atoms with Crippen LogP contribution in [0.5, 0.6) is 0 Å². The van der Waals surface area contributed by atoms with Gasteiger partial charge in [-0.05, 0) is 40.3 Å². The number of nitrogens with zero attached hydrogens (tertiary/aromatic N) is 2. The molecule has 1 aromatic carbocycles. The molecule has 2 aromatic rings. The highest BCUT2D eigenvalue weighted by Crippen LogP contribution is 2.13. The van der Waals surface area contributed by atoms with E-state index in [4.69, 9.17) is 11.6 Å². The van der Waals surface area contributed by atoms with Gasteiger partial charge in [-0.1, -0.05) is 12.1 Å². The highest BCUT2D eigenvalue weighted by Gasteiger charge is 1.99. The SMILES string of the molecule is ClCc1cccc(-n2cc(I)cn2)c1.